The van der Waals surface area contributed by atoms with E-state index in [9.17, 15) is 9.90 Å². The Morgan fingerprint density at radius 2 is 1.95 bits per heavy atom. The van der Waals surface area contributed by atoms with E-state index in [1.807, 2.05) is 12.2 Å². The van der Waals surface area contributed by atoms with Crippen LogP contribution in [0.25, 0.3) is 0 Å². The second kappa shape index (κ2) is 8.75. The van der Waals surface area contributed by atoms with E-state index in [0.29, 0.717) is 13.0 Å². The van der Waals surface area contributed by atoms with Crippen LogP contribution in [0, 0.1) is 0 Å². The first-order valence-electron chi connectivity index (χ1n) is 7.53. The molecule has 1 rings (SSSR count). The summed E-state index contributed by atoms with van der Waals surface area (Å²) in [4.78, 5) is 11.8. The molecule has 0 heterocycles. The van der Waals surface area contributed by atoms with Gasteiger partial charge < -0.3 is 9.84 Å². The number of allylic oxidation sites excluding steroid dienone is 2. The van der Waals surface area contributed by atoms with Crippen molar-refractivity contribution < 1.29 is 14.6 Å². The molecule has 0 radical (unpaired) electrons. The molecule has 1 unspecified atom stereocenters. The van der Waals surface area contributed by atoms with Crippen LogP contribution in [-0.4, -0.2) is 23.3 Å². The maximum atomic E-state index is 11.8. The summed E-state index contributed by atoms with van der Waals surface area (Å²) in [5, 5.41) is 10.3. The molecule has 3 heteroatoms. The highest BCUT2D eigenvalue weighted by molar-refractivity contribution is 5.90. The number of rotatable bonds is 9. The molecule has 3 nitrogen and oxygen atoms in total. The minimum Gasteiger partial charge on any atom is -0.462 e. The van der Waals surface area contributed by atoms with Gasteiger partial charge >= 0.3 is 5.97 Å². The summed E-state index contributed by atoms with van der Waals surface area (Å²) in [6.07, 6.45) is 14.2. The van der Waals surface area contributed by atoms with Crippen LogP contribution in [0.1, 0.15) is 51.9 Å². The van der Waals surface area contributed by atoms with Crippen LogP contribution in [-0.2, 0) is 9.53 Å². The van der Waals surface area contributed by atoms with Gasteiger partial charge in [0.15, 0.2) is 0 Å². The Kier molecular flexibility index (Phi) is 7.31. The van der Waals surface area contributed by atoms with Gasteiger partial charge in [0.1, 0.15) is 5.60 Å². The second-order valence-electron chi connectivity index (χ2n) is 5.30. The van der Waals surface area contributed by atoms with Crippen LogP contribution in [0.3, 0.4) is 0 Å². The summed E-state index contributed by atoms with van der Waals surface area (Å²) in [5.74, 6) is -0.499. The third-order valence-electron chi connectivity index (χ3n) is 3.55. The van der Waals surface area contributed by atoms with Gasteiger partial charge in [-0.05, 0) is 12.5 Å². The molecule has 112 valence electrons. The topological polar surface area (TPSA) is 46.5 Å². The van der Waals surface area contributed by atoms with Crippen LogP contribution >= 0.6 is 0 Å². The van der Waals surface area contributed by atoms with Crippen molar-refractivity contribution in [2.45, 2.75) is 57.5 Å². The third-order valence-corrected chi connectivity index (χ3v) is 3.55. The summed E-state index contributed by atoms with van der Waals surface area (Å²) in [5.41, 5.74) is -1.17. The largest absolute Gasteiger partial charge is 0.462 e. The molecule has 0 aromatic rings. The van der Waals surface area contributed by atoms with E-state index in [0.717, 1.165) is 12.8 Å². The Balaban J connectivity index is 2.21. The molecule has 0 saturated carbocycles. The molecule has 0 amide bonds. The number of unbranched alkanes of at least 4 members (excludes halogenated alkanes) is 5. The molecule has 1 atom stereocenters. The van der Waals surface area contributed by atoms with E-state index in [1.165, 1.54) is 25.7 Å². The molecule has 20 heavy (non-hydrogen) atoms. The van der Waals surface area contributed by atoms with Crippen molar-refractivity contribution in [1.29, 1.82) is 0 Å². The number of carbonyl (C=O) groups is 1. The first-order valence-corrected chi connectivity index (χ1v) is 7.53. The Hall–Kier alpha value is -1.35. The fourth-order valence-corrected chi connectivity index (χ4v) is 2.14. The quantitative estimate of drug-likeness (QED) is 0.397. The molecule has 1 aliphatic rings. The predicted octanol–water partition coefficient (Wildman–Crippen LogP) is 3.69. The Labute approximate surface area is 122 Å². The monoisotopic (exact) mass is 278 g/mol. The number of carbonyl (C=O) groups excluding carboxylic acids is 1. The van der Waals surface area contributed by atoms with Crippen molar-refractivity contribution in [2.75, 3.05) is 6.61 Å². The third kappa shape index (κ3) is 5.33. The molecular weight excluding hydrogens is 252 g/mol. The van der Waals surface area contributed by atoms with Crippen molar-refractivity contribution in [1.82, 2.24) is 0 Å². The molecule has 0 aromatic carbocycles. The van der Waals surface area contributed by atoms with Crippen LogP contribution < -0.4 is 0 Å². The zero-order chi connectivity index (χ0) is 14.8. The molecule has 1 N–H and O–H groups in total. The van der Waals surface area contributed by atoms with E-state index in [2.05, 4.69) is 13.5 Å². The van der Waals surface area contributed by atoms with Crippen molar-refractivity contribution in [3.63, 3.8) is 0 Å². The van der Waals surface area contributed by atoms with Crippen LogP contribution in [0.15, 0.2) is 36.5 Å². The van der Waals surface area contributed by atoms with Crippen molar-refractivity contribution in [3.8, 4) is 0 Å². The number of hydrogen-bond donors (Lipinski definition) is 1. The maximum absolute atomic E-state index is 11.8. The molecule has 0 saturated heterocycles. The lowest BCUT2D eigenvalue weighted by molar-refractivity contribution is -0.141. The van der Waals surface area contributed by atoms with Gasteiger partial charge in [0, 0.05) is 6.42 Å². The summed E-state index contributed by atoms with van der Waals surface area (Å²) >= 11 is 0. The van der Waals surface area contributed by atoms with Gasteiger partial charge in [-0.2, -0.15) is 0 Å². The fourth-order valence-electron chi connectivity index (χ4n) is 2.14. The molecule has 0 aromatic heterocycles. The molecule has 1 aliphatic carbocycles. The zero-order valence-corrected chi connectivity index (χ0v) is 12.4. The number of hydrogen-bond acceptors (Lipinski definition) is 3. The molecular formula is C17H26O3. The fraction of sp³-hybridized carbons (Fsp3) is 0.588. The van der Waals surface area contributed by atoms with Gasteiger partial charge in [-0.25, -0.2) is 4.79 Å². The van der Waals surface area contributed by atoms with E-state index in [4.69, 9.17) is 4.74 Å². The minimum atomic E-state index is -1.28. The summed E-state index contributed by atoms with van der Waals surface area (Å²) in [7, 11) is 0. The first kappa shape index (κ1) is 16.7. The minimum absolute atomic E-state index is 0.115. The number of ether oxygens (including phenoxy) is 1. The van der Waals surface area contributed by atoms with E-state index in [1.54, 1.807) is 12.2 Å². The molecule has 0 fully saturated rings. The van der Waals surface area contributed by atoms with Crippen molar-refractivity contribution in [2.24, 2.45) is 0 Å². The number of esters is 1. The SMILES string of the molecule is C=C(C(=O)OCCCCCCCC)C1(O)C=CC=CC1. The molecule has 0 spiro atoms. The molecule has 0 bridgehead atoms. The Morgan fingerprint density at radius 1 is 1.25 bits per heavy atom. The standard InChI is InChI=1S/C17H26O3/c1-3-4-5-6-7-11-14-20-16(18)15(2)17(19)12-9-8-10-13-17/h8-10,12,19H,2-7,11,13-14H2,1H3. The average molecular weight is 278 g/mol. The highest BCUT2D eigenvalue weighted by Gasteiger charge is 2.32. The van der Waals surface area contributed by atoms with E-state index in [-0.39, 0.29) is 5.57 Å². The van der Waals surface area contributed by atoms with Gasteiger partial charge in [-0.3, -0.25) is 0 Å². The first-order chi connectivity index (χ1) is 9.60. The lowest BCUT2D eigenvalue weighted by atomic mass is 9.88. The van der Waals surface area contributed by atoms with Gasteiger partial charge in [0.25, 0.3) is 0 Å². The summed E-state index contributed by atoms with van der Waals surface area (Å²) < 4.78 is 5.17. The zero-order valence-electron chi connectivity index (χ0n) is 12.4. The molecule has 0 aliphatic heterocycles. The maximum Gasteiger partial charge on any atom is 0.336 e. The van der Waals surface area contributed by atoms with E-state index >= 15 is 0 Å². The predicted molar refractivity (Wildman–Crippen MR) is 81.3 cm³/mol. The summed E-state index contributed by atoms with van der Waals surface area (Å²) in [6.45, 7) is 6.27. The lowest BCUT2D eigenvalue weighted by Gasteiger charge is -2.26. The van der Waals surface area contributed by atoms with Crippen LogP contribution in [0.2, 0.25) is 0 Å². The van der Waals surface area contributed by atoms with Crippen molar-refractivity contribution in [3.05, 3.63) is 36.5 Å². The highest BCUT2D eigenvalue weighted by Crippen LogP contribution is 2.26. The number of aliphatic hydroxyl groups is 1. The normalized spacial score (nSPS) is 20.9. The Bertz CT molecular complexity index is 382. The summed E-state index contributed by atoms with van der Waals surface area (Å²) in [6, 6.07) is 0. The van der Waals surface area contributed by atoms with Gasteiger partial charge in [0.2, 0.25) is 0 Å². The smallest absolute Gasteiger partial charge is 0.336 e. The Morgan fingerprint density at radius 3 is 2.60 bits per heavy atom. The van der Waals surface area contributed by atoms with Gasteiger partial charge in [0.05, 0.1) is 12.2 Å². The second-order valence-corrected chi connectivity index (χ2v) is 5.30. The van der Waals surface area contributed by atoms with Crippen molar-refractivity contribution >= 4 is 5.97 Å². The van der Waals surface area contributed by atoms with Gasteiger partial charge in [-0.15, -0.1) is 0 Å². The van der Waals surface area contributed by atoms with Crippen LogP contribution in [0.5, 0.6) is 0 Å². The van der Waals surface area contributed by atoms with Gasteiger partial charge in [-0.1, -0.05) is 63.8 Å². The lowest BCUT2D eigenvalue weighted by Crippen LogP contribution is -2.33. The average Bonchev–Trinajstić information content (AvgIpc) is 2.46. The highest BCUT2D eigenvalue weighted by atomic mass is 16.5. The van der Waals surface area contributed by atoms with E-state index < -0.39 is 11.6 Å². The van der Waals surface area contributed by atoms with Crippen LogP contribution in [0.4, 0.5) is 0 Å².